The van der Waals surface area contributed by atoms with E-state index in [1.54, 1.807) is 41.2 Å². The summed E-state index contributed by atoms with van der Waals surface area (Å²) in [5.74, 6) is 0.325. The van der Waals surface area contributed by atoms with Crippen molar-refractivity contribution < 1.29 is 14.3 Å². The Hall–Kier alpha value is -4.24. The molecule has 36 heavy (non-hydrogen) atoms. The zero-order valence-electron chi connectivity index (χ0n) is 19.6. The van der Waals surface area contributed by atoms with Gasteiger partial charge in [0.15, 0.2) is 0 Å². The molecule has 3 aromatic heterocycles. The van der Waals surface area contributed by atoms with Crippen LogP contribution in [0.25, 0.3) is 22.1 Å². The molecule has 0 radical (unpaired) electrons. The smallest absolute Gasteiger partial charge is 0.338 e. The van der Waals surface area contributed by atoms with Crippen molar-refractivity contribution in [3.05, 3.63) is 94.9 Å². The molecule has 1 aliphatic carbocycles. The SMILES string of the molecule is O=C(OCCOCn1c(Cn2c(=O)n(C3CC3)c3ccncc32)nc2ccccc21)c1ccccc1. The number of nitrogens with zero attached hydrogens (tertiary/aromatic N) is 5. The van der Waals surface area contributed by atoms with Gasteiger partial charge in [0.2, 0.25) is 0 Å². The molecule has 0 amide bonds. The standard InChI is InChI=1S/C27H25N5O4/c33-26(19-6-2-1-3-7-19)36-15-14-35-18-31-22-9-5-4-8-21(22)29-25(31)17-30-24-16-28-13-12-23(24)32(27(30)34)20-10-11-20/h1-9,12-13,16,20H,10-11,14-15,17-18H2. The van der Waals surface area contributed by atoms with Crippen LogP contribution in [0, 0.1) is 0 Å². The second-order valence-electron chi connectivity index (χ2n) is 8.82. The van der Waals surface area contributed by atoms with Gasteiger partial charge in [-0.2, -0.15) is 0 Å². The van der Waals surface area contributed by atoms with E-state index < -0.39 is 0 Å². The molecular formula is C27H25N5O4. The Kier molecular flexibility index (Phi) is 5.82. The molecule has 3 heterocycles. The molecule has 182 valence electrons. The number of carbonyl (C=O) groups excluding carboxylic acids is 1. The van der Waals surface area contributed by atoms with Crippen molar-refractivity contribution >= 4 is 28.0 Å². The lowest BCUT2D eigenvalue weighted by atomic mass is 10.2. The summed E-state index contributed by atoms with van der Waals surface area (Å²) in [6.45, 7) is 0.875. The molecule has 2 aromatic carbocycles. The molecule has 0 N–H and O–H groups in total. The van der Waals surface area contributed by atoms with Crippen LogP contribution in [0.4, 0.5) is 0 Å². The van der Waals surface area contributed by atoms with E-state index in [2.05, 4.69) is 4.98 Å². The van der Waals surface area contributed by atoms with Crippen molar-refractivity contribution in [3.8, 4) is 0 Å². The van der Waals surface area contributed by atoms with Crippen LogP contribution in [-0.2, 0) is 22.7 Å². The van der Waals surface area contributed by atoms with E-state index in [1.807, 2.05) is 45.5 Å². The summed E-state index contributed by atoms with van der Waals surface area (Å²) in [6, 6.07) is 18.8. The molecule has 1 aliphatic rings. The van der Waals surface area contributed by atoms with Crippen molar-refractivity contribution in [1.29, 1.82) is 0 Å². The summed E-state index contributed by atoms with van der Waals surface area (Å²) in [4.78, 5) is 34.5. The first-order chi connectivity index (χ1) is 17.7. The Balaban J connectivity index is 1.22. The average Bonchev–Trinajstić information content (AvgIpc) is 3.63. The molecule has 6 rings (SSSR count). The van der Waals surface area contributed by atoms with Crippen LogP contribution in [0.1, 0.15) is 35.1 Å². The normalized spacial score (nSPS) is 13.4. The number of esters is 1. The van der Waals surface area contributed by atoms with Gasteiger partial charge in [-0.05, 0) is 43.2 Å². The molecule has 9 heteroatoms. The van der Waals surface area contributed by atoms with Crippen LogP contribution >= 0.6 is 0 Å². The van der Waals surface area contributed by atoms with E-state index in [-0.39, 0.29) is 37.6 Å². The highest BCUT2D eigenvalue weighted by molar-refractivity contribution is 5.89. The van der Waals surface area contributed by atoms with Crippen molar-refractivity contribution in [2.75, 3.05) is 13.2 Å². The third-order valence-electron chi connectivity index (χ3n) is 6.40. The first-order valence-corrected chi connectivity index (χ1v) is 12.0. The molecule has 0 aliphatic heterocycles. The van der Waals surface area contributed by atoms with Gasteiger partial charge in [0.05, 0.1) is 47.0 Å². The lowest BCUT2D eigenvalue weighted by Gasteiger charge is -2.11. The zero-order valence-corrected chi connectivity index (χ0v) is 19.6. The minimum atomic E-state index is -0.381. The number of imidazole rings is 2. The highest BCUT2D eigenvalue weighted by Gasteiger charge is 2.29. The summed E-state index contributed by atoms with van der Waals surface area (Å²) in [6.07, 6.45) is 5.49. The van der Waals surface area contributed by atoms with E-state index in [1.165, 1.54) is 0 Å². The lowest BCUT2D eigenvalue weighted by Crippen LogP contribution is -2.25. The highest BCUT2D eigenvalue weighted by Crippen LogP contribution is 2.36. The predicted octanol–water partition coefficient (Wildman–Crippen LogP) is 3.76. The van der Waals surface area contributed by atoms with Crippen LogP contribution in [0.2, 0.25) is 0 Å². The first kappa shape index (κ1) is 22.2. The van der Waals surface area contributed by atoms with Crippen molar-refractivity contribution in [3.63, 3.8) is 0 Å². The number of carbonyl (C=O) groups is 1. The van der Waals surface area contributed by atoms with Crippen molar-refractivity contribution in [1.82, 2.24) is 23.7 Å². The van der Waals surface area contributed by atoms with Crippen LogP contribution in [0.5, 0.6) is 0 Å². The Morgan fingerprint density at radius 2 is 1.72 bits per heavy atom. The van der Waals surface area contributed by atoms with Gasteiger partial charge in [0.25, 0.3) is 0 Å². The number of pyridine rings is 1. The number of benzene rings is 2. The number of rotatable bonds is 9. The molecule has 5 aromatic rings. The van der Waals surface area contributed by atoms with E-state index in [0.717, 1.165) is 34.9 Å². The van der Waals surface area contributed by atoms with Crippen molar-refractivity contribution in [2.24, 2.45) is 0 Å². The van der Waals surface area contributed by atoms with E-state index in [4.69, 9.17) is 14.5 Å². The molecular weight excluding hydrogens is 458 g/mol. The number of hydrogen-bond acceptors (Lipinski definition) is 6. The Labute approximate surface area is 206 Å². The maximum atomic E-state index is 13.4. The first-order valence-electron chi connectivity index (χ1n) is 12.0. The van der Waals surface area contributed by atoms with Gasteiger partial charge in [-0.3, -0.25) is 14.1 Å². The monoisotopic (exact) mass is 483 g/mol. The zero-order chi connectivity index (χ0) is 24.5. The third-order valence-corrected chi connectivity index (χ3v) is 6.40. The molecule has 1 fully saturated rings. The fourth-order valence-corrected chi connectivity index (χ4v) is 4.50. The number of fused-ring (bicyclic) bond motifs is 2. The predicted molar refractivity (Wildman–Crippen MR) is 134 cm³/mol. The van der Waals surface area contributed by atoms with Gasteiger partial charge >= 0.3 is 11.7 Å². The second kappa shape index (κ2) is 9.43. The van der Waals surface area contributed by atoms with Gasteiger partial charge in [0.1, 0.15) is 19.2 Å². The molecule has 0 atom stereocenters. The fraction of sp³-hybridized carbons (Fsp3) is 0.259. The quantitative estimate of drug-likeness (QED) is 0.234. The number of para-hydroxylation sites is 2. The van der Waals surface area contributed by atoms with Gasteiger partial charge in [-0.1, -0.05) is 30.3 Å². The molecule has 1 saturated carbocycles. The Morgan fingerprint density at radius 3 is 2.56 bits per heavy atom. The molecule has 9 nitrogen and oxygen atoms in total. The van der Waals surface area contributed by atoms with E-state index >= 15 is 0 Å². The summed E-state index contributed by atoms with van der Waals surface area (Å²) >= 11 is 0. The maximum absolute atomic E-state index is 13.4. The third kappa shape index (κ3) is 4.18. The lowest BCUT2D eigenvalue weighted by molar-refractivity contribution is 0.0176. The molecule has 0 unspecified atom stereocenters. The van der Waals surface area contributed by atoms with E-state index in [9.17, 15) is 9.59 Å². The maximum Gasteiger partial charge on any atom is 0.338 e. The Morgan fingerprint density at radius 1 is 0.917 bits per heavy atom. The summed E-state index contributed by atoms with van der Waals surface area (Å²) < 4.78 is 16.7. The van der Waals surface area contributed by atoms with Crippen molar-refractivity contribution in [2.45, 2.75) is 32.2 Å². The number of ether oxygens (including phenoxy) is 2. The largest absolute Gasteiger partial charge is 0.460 e. The van der Waals surface area contributed by atoms with Crippen LogP contribution < -0.4 is 5.69 Å². The van der Waals surface area contributed by atoms with E-state index in [0.29, 0.717) is 17.9 Å². The summed E-state index contributed by atoms with van der Waals surface area (Å²) in [7, 11) is 0. The topological polar surface area (TPSA) is 93.2 Å². The van der Waals surface area contributed by atoms with Crippen LogP contribution in [-0.4, -0.2) is 42.9 Å². The minimum absolute atomic E-state index is 0.0483. The second-order valence-corrected chi connectivity index (χ2v) is 8.82. The van der Waals surface area contributed by atoms with Crippen LogP contribution in [0.15, 0.2) is 77.9 Å². The molecule has 0 spiro atoms. The van der Waals surface area contributed by atoms with Gasteiger partial charge in [-0.25, -0.2) is 14.6 Å². The van der Waals surface area contributed by atoms with Gasteiger partial charge in [-0.15, -0.1) is 0 Å². The average molecular weight is 484 g/mol. The van der Waals surface area contributed by atoms with Crippen LogP contribution in [0.3, 0.4) is 0 Å². The highest BCUT2D eigenvalue weighted by atomic mass is 16.6. The summed E-state index contributed by atoms with van der Waals surface area (Å²) in [5.41, 5.74) is 3.88. The van der Waals surface area contributed by atoms with Gasteiger partial charge < -0.3 is 14.0 Å². The number of hydrogen-bond donors (Lipinski definition) is 0. The Bertz CT molecular complexity index is 1600. The molecule has 0 saturated heterocycles. The minimum Gasteiger partial charge on any atom is -0.460 e. The van der Waals surface area contributed by atoms with Gasteiger partial charge in [0, 0.05) is 12.2 Å². The number of aromatic nitrogens is 5. The fourth-order valence-electron chi connectivity index (χ4n) is 4.50. The molecule has 0 bridgehead atoms. The summed E-state index contributed by atoms with van der Waals surface area (Å²) in [5, 5.41) is 0.